The number of nitrogens with two attached hydrogens (primary N) is 1. The standard InChI is InChI=1S/C27H29N7O.C3H6/c1-3-24(35-4-2)26-30-25-18-23(29-27(28)34(25)31-26)21-11-8-12-22(17-21)33-15-13-32(14-16-33)19-20-9-6-5-7-10-20;1-3-2/h3-12,17-18H,2,13-16,19H2,1H3,(H2,28,29);3H,1H2,2H3/b24-3-;. The first-order chi connectivity index (χ1) is 18.6. The van der Waals surface area contributed by atoms with Crippen molar-refractivity contribution in [2.75, 3.05) is 36.8 Å². The van der Waals surface area contributed by atoms with E-state index in [4.69, 9.17) is 10.5 Å². The molecule has 5 rings (SSSR count). The third kappa shape index (κ3) is 6.27. The van der Waals surface area contributed by atoms with Crippen molar-refractivity contribution in [1.82, 2.24) is 24.5 Å². The van der Waals surface area contributed by atoms with E-state index in [1.165, 1.54) is 22.0 Å². The van der Waals surface area contributed by atoms with E-state index in [0.29, 0.717) is 17.2 Å². The number of benzene rings is 2. The minimum Gasteiger partial charge on any atom is -0.462 e. The Labute approximate surface area is 224 Å². The monoisotopic (exact) mass is 509 g/mol. The fourth-order valence-electron chi connectivity index (χ4n) is 4.37. The van der Waals surface area contributed by atoms with Gasteiger partial charge in [0.1, 0.15) is 0 Å². The van der Waals surface area contributed by atoms with Crippen LogP contribution in [0, 0.1) is 0 Å². The van der Waals surface area contributed by atoms with Crippen molar-refractivity contribution in [3.63, 3.8) is 0 Å². The number of ether oxygens (including phenoxy) is 1. The maximum absolute atomic E-state index is 6.24. The Morgan fingerprint density at radius 3 is 2.39 bits per heavy atom. The van der Waals surface area contributed by atoms with Crippen molar-refractivity contribution >= 4 is 23.0 Å². The third-order valence-electron chi connectivity index (χ3n) is 6.17. The fraction of sp³-hybridized carbons (Fsp3) is 0.233. The summed E-state index contributed by atoms with van der Waals surface area (Å²) in [6.45, 7) is 15.7. The molecule has 8 heteroatoms. The van der Waals surface area contributed by atoms with Gasteiger partial charge in [0.05, 0.1) is 12.0 Å². The minimum absolute atomic E-state index is 0.269. The highest BCUT2D eigenvalue weighted by Gasteiger charge is 2.19. The van der Waals surface area contributed by atoms with Crippen molar-refractivity contribution in [1.29, 1.82) is 0 Å². The number of allylic oxidation sites excluding steroid dienone is 2. The predicted octanol–water partition coefficient (Wildman–Crippen LogP) is 5.41. The van der Waals surface area contributed by atoms with E-state index < -0.39 is 0 Å². The average molecular weight is 510 g/mol. The van der Waals surface area contributed by atoms with Gasteiger partial charge >= 0.3 is 0 Å². The molecule has 0 atom stereocenters. The van der Waals surface area contributed by atoms with E-state index in [-0.39, 0.29) is 5.95 Å². The van der Waals surface area contributed by atoms with E-state index >= 15 is 0 Å². The smallest absolute Gasteiger partial charge is 0.223 e. The number of piperazine rings is 1. The van der Waals surface area contributed by atoms with E-state index in [0.717, 1.165) is 44.0 Å². The van der Waals surface area contributed by atoms with Gasteiger partial charge in [0.15, 0.2) is 11.4 Å². The molecule has 0 unspecified atom stereocenters. The second kappa shape index (κ2) is 12.7. The van der Waals surface area contributed by atoms with E-state index in [9.17, 15) is 0 Å². The lowest BCUT2D eigenvalue weighted by atomic mass is 10.1. The zero-order valence-electron chi connectivity index (χ0n) is 22.1. The molecule has 0 aliphatic carbocycles. The molecule has 2 aromatic carbocycles. The summed E-state index contributed by atoms with van der Waals surface area (Å²) in [5.41, 5.74) is 11.1. The van der Waals surface area contributed by atoms with Gasteiger partial charge < -0.3 is 15.4 Å². The quantitative estimate of drug-likeness (QED) is 0.263. The molecule has 2 aromatic heterocycles. The summed E-state index contributed by atoms with van der Waals surface area (Å²) in [6, 6.07) is 21.0. The number of nitrogen functional groups attached to an aromatic ring is 1. The molecule has 0 saturated carbocycles. The number of rotatable bonds is 7. The van der Waals surface area contributed by atoms with Gasteiger partial charge in [-0.05, 0) is 37.6 Å². The molecule has 38 heavy (non-hydrogen) atoms. The Kier molecular flexibility index (Phi) is 8.89. The fourth-order valence-corrected chi connectivity index (χ4v) is 4.37. The summed E-state index contributed by atoms with van der Waals surface area (Å²) in [5.74, 6) is 1.21. The van der Waals surface area contributed by atoms with Crippen LogP contribution in [-0.2, 0) is 11.3 Å². The summed E-state index contributed by atoms with van der Waals surface area (Å²) in [7, 11) is 0. The van der Waals surface area contributed by atoms with Crippen molar-refractivity contribution < 1.29 is 4.74 Å². The maximum Gasteiger partial charge on any atom is 0.223 e. The van der Waals surface area contributed by atoms with E-state index in [1.807, 2.05) is 26.0 Å². The average Bonchev–Trinajstić information content (AvgIpc) is 3.38. The highest BCUT2D eigenvalue weighted by Crippen LogP contribution is 2.27. The first-order valence-electron chi connectivity index (χ1n) is 12.7. The second-order valence-corrected chi connectivity index (χ2v) is 8.85. The van der Waals surface area contributed by atoms with Crippen LogP contribution in [0.2, 0.25) is 0 Å². The summed E-state index contributed by atoms with van der Waals surface area (Å²) in [6.07, 6.45) is 4.88. The number of nitrogens with zero attached hydrogens (tertiary/aromatic N) is 6. The Morgan fingerprint density at radius 2 is 1.71 bits per heavy atom. The molecule has 1 aliphatic heterocycles. The van der Waals surface area contributed by atoms with Crippen LogP contribution in [0.1, 0.15) is 25.2 Å². The van der Waals surface area contributed by atoms with Crippen molar-refractivity contribution in [2.45, 2.75) is 20.4 Å². The molecule has 0 amide bonds. The lowest BCUT2D eigenvalue weighted by molar-refractivity contribution is 0.250. The Morgan fingerprint density at radius 1 is 0.974 bits per heavy atom. The Hall–Kier alpha value is -4.43. The summed E-state index contributed by atoms with van der Waals surface area (Å²) in [5, 5.41) is 4.43. The lowest BCUT2D eigenvalue weighted by Gasteiger charge is -2.36. The molecule has 8 nitrogen and oxygen atoms in total. The zero-order chi connectivity index (χ0) is 26.9. The number of aromatic nitrogens is 4. The van der Waals surface area contributed by atoms with Gasteiger partial charge in [-0.3, -0.25) is 4.90 Å². The number of anilines is 2. The highest BCUT2D eigenvalue weighted by atomic mass is 16.5. The van der Waals surface area contributed by atoms with Gasteiger partial charge in [0.2, 0.25) is 11.8 Å². The first-order valence-corrected chi connectivity index (χ1v) is 12.7. The second-order valence-electron chi connectivity index (χ2n) is 8.85. The predicted molar refractivity (Wildman–Crippen MR) is 155 cm³/mol. The number of hydrogen-bond donors (Lipinski definition) is 1. The van der Waals surface area contributed by atoms with E-state index in [2.05, 4.69) is 86.6 Å². The van der Waals surface area contributed by atoms with Crippen LogP contribution in [-0.4, -0.2) is 50.7 Å². The van der Waals surface area contributed by atoms with Crippen molar-refractivity contribution in [3.8, 4) is 11.3 Å². The molecule has 0 bridgehead atoms. The van der Waals surface area contributed by atoms with Gasteiger partial charge in [-0.25, -0.2) is 9.97 Å². The van der Waals surface area contributed by atoms with Crippen LogP contribution in [0.5, 0.6) is 0 Å². The molecular weight excluding hydrogens is 474 g/mol. The normalized spacial score (nSPS) is 14.1. The zero-order valence-corrected chi connectivity index (χ0v) is 22.1. The van der Waals surface area contributed by atoms with Crippen LogP contribution < -0.4 is 10.6 Å². The third-order valence-corrected chi connectivity index (χ3v) is 6.17. The van der Waals surface area contributed by atoms with Gasteiger partial charge in [-0.2, -0.15) is 4.52 Å². The summed E-state index contributed by atoms with van der Waals surface area (Å²) in [4.78, 5) is 14.1. The molecule has 2 N–H and O–H groups in total. The molecule has 4 aromatic rings. The Bertz CT molecular complexity index is 1400. The number of hydrogen-bond acceptors (Lipinski definition) is 7. The molecule has 0 spiro atoms. The van der Waals surface area contributed by atoms with E-state index in [1.54, 1.807) is 12.2 Å². The van der Waals surface area contributed by atoms with Crippen LogP contribution in [0.4, 0.5) is 11.6 Å². The SMILES string of the molecule is C=CC.C=CO/C(=C\C)c1nc2cc(-c3cccc(N4CCN(Cc5ccccc5)CC4)c3)nc(N)n2n1. The number of fused-ring (bicyclic) bond motifs is 1. The van der Waals surface area contributed by atoms with Gasteiger partial charge in [-0.15, -0.1) is 11.7 Å². The molecular formula is C30H35N7O. The molecule has 1 saturated heterocycles. The van der Waals surface area contributed by atoms with Gasteiger partial charge in [-0.1, -0.05) is 55.1 Å². The molecule has 0 radical (unpaired) electrons. The van der Waals surface area contributed by atoms with Crippen molar-refractivity contribution in [2.24, 2.45) is 0 Å². The minimum atomic E-state index is 0.269. The summed E-state index contributed by atoms with van der Waals surface area (Å²) < 4.78 is 6.92. The Balaban J connectivity index is 0.00000107. The summed E-state index contributed by atoms with van der Waals surface area (Å²) >= 11 is 0. The van der Waals surface area contributed by atoms with Crippen LogP contribution >= 0.6 is 0 Å². The van der Waals surface area contributed by atoms with Gasteiger partial charge in [0.25, 0.3) is 0 Å². The lowest BCUT2D eigenvalue weighted by Crippen LogP contribution is -2.45. The molecule has 1 fully saturated rings. The maximum atomic E-state index is 6.24. The van der Waals surface area contributed by atoms with Crippen LogP contribution in [0.25, 0.3) is 22.7 Å². The van der Waals surface area contributed by atoms with Crippen LogP contribution in [0.3, 0.4) is 0 Å². The molecule has 1 aliphatic rings. The highest BCUT2D eigenvalue weighted by molar-refractivity contribution is 5.70. The topological polar surface area (TPSA) is 84.8 Å². The van der Waals surface area contributed by atoms with Gasteiger partial charge in [0, 0.05) is 50.0 Å². The molecule has 3 heterocycles. The molecule has 196 valence electrons. The van der Waals surface area contributed by atoms with Crippen molar-refractivity contribution in [3.05, 3.63) is 104 Å². The van der Waals surface area contributed by atoms with Crippen LogP contribution in [0.15, 0.2) is 92.2 Å². The first kappa shape index (κ1) is 26.6. The largest absolute Gasteiger partial charge is 0.462 e.